The van der Waals surface area contributed by atoms with E-state index in [-0.39, 0.29) is 5.69 Å². The molecule has 0 atom stereocenters. The lowest BCUT2D eigenvalue weighted by Gasteiger charge is -2.00. The maximum atomic E-state index is 13.3. The van der Waals surface area contributed by atoms with Crippen molar-refractivity contribution in [3.8, 4) is 0 Å². The number of halogens is 1. The van der Waals surface area contributed by atoms with E-state index in [1.54, 1.807) is 12.1 Å². The minimum Gasteiger partial charge on any atom is -0.431 e. The summed E-state index contributed by atoms with van der Waals surface area (Å²) in [4.78, 5) is 4.35. The lowest BCUT2D eigenvalue weighted by atomic mass is 10.2. The van der Waals surface area contributed by atoms with Crippen LogP contribution < -0.4 is 5.73 Å². The summed E-state index contributed by atoms with van der Waals surface area (Å²) in [5.41, 5.74) is 8.03. The van der Waals surface area contributed by atoms with Crippen molar-refractivity contribution >= 4 is 28.5 Å². The molecule has 96 valence electrons. The van der Waals surface area contributed by atoms with E-state index in [4.69, 9.17) is 10.2 Å². The minimum absolute atomic E-state index is 0.163. The number of nitrogen functional groups attached to an aromatic ring is 1. The SMILES string of the molecule is Nc1ccc(CSc2nc3ccccc3o2)cc1F. The Hall–Kier alpha value is -2.01. The number of rotatable bonds is 3. The molecule has 0 unspecified atom stereocenters. The maximum Gasteiger partial charge on any atom is 0.257 e. The fourth-order valence-corrected chi connectivity index (χ4v) is 2.50. The Kier molecular flexibility index (Phi) is 3.13. The van der Waals surface area contributed by atoms with Crippen LogP contribution in [0.3, 0.4) is 0 Å². The Labute approximate surface area is 113 Å². The first-order chi connectivity index (χ1) is 9.22. The smallest absolute Gasteiger partial charge is 0.257 e. The summed E-state index contributed by atoms with van der Waals surface area (Å²) in [5, 5.41) is 0.582. The van der Waals surface area contributed by atoms with Crippen LogP contribution in [-0.2, 0) is 5.75 Å². The second-order valence-electron chi connectivity index (χ2n) is 4.09. The van der Waals surface area contributed by atoms with Crippen LogP contribution in [-0.4, -0.2) is 4.98 Å². The first kappa shape index (κ1) is 12.0. The third-order valence-electron chi connectivity index (χ3n) is 2.70. The molecule has 3 aromatic rings. The number of thioether (sulfide) groups is 1. The topological polar surface area (TPSA) is 52.0 Å². The second kappa shape index (κ2) is 4.93. The van der Waals surface area contributed by atoms with Gasteiger partial charge in [0.1, 0.15) is 11.3 Å². The molecule has 0 saturated carbocycles. The van der Waals surface area contributed by atoms with Crippen molar-refractivity contribution in [2.45, 2.75) is 11.0 Å². The van der Waals surface area contributed by atoms with Gasteiger partial charge in [-0.25, -0.2) is 9.37 Å². The van der Waals surface area contributed by atoms with Gasteiger partial charge >= 0.3 is 0 Å². The summed E-state index contributed by atoms with van der Waals surface area (Å²) in [7, 11) is 0. The van der Waals surface area contributed by atoms with Crippen LogP contribution >= 0.6 is 11.8 Å². The highest BCUT2D eigenvalue weighted by molar-refractivity contribution is 7.98. The third-order valence-corrected chi connectivity index (χ3v) is 3.60. The number of benzene rings is 2. The molecule has 0 aliphatic heterocycles. The molecule has 0 spiro atoms. The zero-order chi connectivity index (χ0) is 13.2. The van der Waals surface area contributed by atoms with E-state index in [9.17, 15) is 4.39 Å². The van der Waals surface area contributed by atoms with Gasteiger partial charge in [0, 0.05) is 5.75 Å². The van der Waals surface area contributed by atoms with E-state index < -0.39 is 5.82 Å². The van der Waals surface area contributed by atoms with Gasteiger partial charge in [-0.2, -0.15) is 0 Å². The molecule has 1 aromatic heterocycles. The van der Waals surface area contributed by atoms with Crippen LogP contribution in [0.2, 0.25) is 0 Å². The number of nitrogens with zero attached hydrogens (tertiary/aromatic N) is 1. The average molecular weight is 274 g/mol. The largest absolute Gasteiger partial charge is 0.431 e. The van der Waals surface area contributed by atoms with Crippen molar-refractivity contribution in [3.63, 3.8) is 0 Å². The van der Waals surface area contributed by atoms with Crippen LogP contribution in [0.25, 0.3) is 11.1 Å². The summed E-state index contributed by atoms with van der Waals surface area (Å²) in [6.45, 7) is 0. The van der Waals surface area contributed by atoms with Gasteiger partial charge in [0.05, 0.1) is 5.69 Å². The molecule has 0 fully saturated rings. The van der Waals surface area contributed by atoms with Crippen LogP contribution in [0.15, 0.2) is 52.1 Å². The zero-order valence-corrected chi connectivity index (χ0v) is 10.8. The highest BCUT2D eigenvalue weighted by atomic mass is 32.2. The van der Waals surface area contributed by atoms with Crippen molar-refractivity contribution in [2.24, 2.45) is 0 Å². The normalized spacial score (nSPS) is 11.0. The number of fused-ring (bicyclic) bond motifs is 1. The van der Waals surface area contributed by atoms with Crippen LogP contribution in [0, 0.1) is 5.82 Å². The van der Waals surface area contributed by atoms with Crippen molar-refractivity contribution in [1.29, 1.82) is 0 Å². The molecule has 19 heavy (non-hydrogen) atoms. The number of hydrogen-bond acceptors (Lipinski definition) is 4. The van der Waals surface area contributed by atoms with E-state index in [2.05, 4.69) is 4.98 Å². The lowest BCUT2D eigenvalue weighted by molar-refractivity contribution is 0.489. The van der Waals surface area contributed by atoms with Crippen molar-refractivity contribution in [3.05, 3.63) is 53.8 Å². The minimum atomic E-state index is -0.393. The Bertz CT molecular complexity index is 693. The molecule has 3 nitrogen and oxygen atoms in total. The Balaban J connectivity index is 1.76. The fraction of sp³-hybridized carbons (Fsp3) is 0.0714. The van der Waals surface area contributed by atoms with Crippen LogP contribution in [0.4, 0.5) is 10.1 Å². The molecule has 2 aromatic carbocycles. The molecule has 3 rings (SSSR count). The number of nitrogens with two attached hydrogens (primary N) is 1. The van der Waals surface area contributed by atoms with Crippen LogP contribution in [0.1, 0.15) is 5.56 Å². The summed E-state index contributed by atoms with van der Waals surface area (Å²) >= 11 is 1.43. The molecule has 0 aliphatic carbocycles. The Morgan fingerprint density at radius 2 is 2.05 bits per heavy atom. The maximum absolute atomic E-state index is 13.3. The van der Waals surface area contributed by atoms with Gasteiger partial charge in [-0.05, 0) is 29.8 Å². The highest BCUT2D eigenvalue weighted by Crippen LogP contribution is 2.26. The molecule has 0 saturated heterocycles. The average Bonchev–Trinajstić information content (AvgIpc) is 2.83. The highest BCUT2D eigenvalue weighted by Gasteiger charge is 2.07. The quantitative estimate of drug-likeness (QED) is 0.582. The van der Waals surface area contributed by atoms with E-state index in [0.717, 1.165) is 16.7 Å². The van der Waals surface area contributed by atoms with Gasteiger partial charge in [0.15, 0.2) is 5.58 Å². The van der Waals surface area contributed by atoms with Crippen molar-refractivity contribution < 1.29 is 8.81 Å². The summed E-state index contributed by atoms with van der Waals surface area (Å²) in [6.07, 6.45) is 0. The fourth-order valence-electron chi connectivity index (χ4n) is 1.72. The summed E-state index contributed by atoms with van der Waals surface area (Å²) < 4.78 is 18.9. The van der Waals surface area contributed by atoms with Gasteiger partial charge in [0.2, 0.25) is 0 Å². The van der Waals surface area contributed by atoms with Gasteiger partial charge in [-0.1, -0.05) is 30.0 Å². The van der Waals surface area contributed by atoms with E-state index >= 15 is 0 Å². The first-order valence-corrected chi connectivity index (χ1v) is 6.73. The molecule has 2 N–H and O–H groups in total. The van der Waals surface area contributed by atoms with Gasteiger partial charge in [-0.15, -0.1) is 0 Å². The zero-order valence-electron chi connectivity index (χ0n) is 9.97. The standard InChI is InChI=1S/C14H11FN2OS/c15-10-7-9(5-6-11(10)16)8-19-14-17-12-3-1-2-4-13(12)18-14/h1-7H,8,16H2. The first-order valence-electron chi connectivity index (χ1n) is 5.74. The predicted octanol–water partition coefficient (Wildman–Crippen LogP) is 3.84. The number of hydrogen-bond donors (Lipinski definition) is 1. The molecule has 0 radical (unpaired) electrons. The molecule has 0 amide bonds. The summed E-state index contributed by atoms with van der Waals surface area (Å²) in [6, 6.07) is 12.4. The number of anilines is 1. The number of para-hydroxylation sites is 2. The Morgan fingerprint density at radius 1 is 1.21 bits per heavy atom. The Morgan fingerprint density at radius 3 is 2.84 bits per heavy atom. The van der Waals surface area contributed by atoms with E-state index in [1.165, 1.54) is 17.8 Å². The van der Waals surface area contributed by atoms with E-state index in [0.29, 0.717) is 11.0 Å². The van der Waals surface area contributed by atoms with Gasteiger partial charge in [-0.3, -0.25) is 0 Å². The number of aromatic nitrogens is 1. The third kappa shape index (κ3) is 2.56. The number of oxazole rings is 1. The van der Waals surface area contributed by atoms with Crippen molar-refractivity contribution in [2.75, 3.05) is 5.73 Å². The molecule has 0 bridgehead atoms. The summed E-state index contributed by atoms with van der Waals surface area (Å²) in [5.74, 6) is 0.194. The molecule has 5 heteroatoms. The molecular weight excluding hydrogens is 263 g/mol. The van der Waals surface area contributed by atoms with Crippen LogP contribution in [0.5, 0.6) is 0 Å². The lowest BCUT2D eigenvalue weighted by Crippen LogP contribution is -1.91. The molecule has 0 aliphatic rings. The monoisotopic (exact) mass is 274 g/mol. The van der Waals surface area contributed by atoms with Gasteiger partial charge < -0.3 is 10.2 Å². The molecular formula is C14H11FN2OS. The second-order valence-corrected chi connectivity index (χ2v) is 5.02. The van der Waals surface area contributed by atoms with Gasteiger partial charge in [0.25, 0.3) is 5.22 Å². The predicted molar refractivity (Wildman–Crippen MR) is 74.4 cm³/mol. The molecule has 1 heterocycles. The van der Waals surface area contributed by atoms with E-state index in [1.807, 2.05) is 24.3 Å². The van der Waals surface area contributed by atoms with Crippen molar-refractivity contribution in [1.82, 2.24) is 4.98 Å².